The van der Waals surface area contributed by atoms with Crippen molar-refractivity contribution in [1.29, 1.82) is 0 Å². The second-order valence-corrected chi connectivity index (χ2v) is 6.54. The number of hydrogen-bond donors (Lipinski definition) is 0. The van der Waals surface area contributed by atoms with E-state index in [0.29, 0.717) is 13.1 Å². The standard InChI is InChI=1S/C13H16Br2O3/c1-13(2,3)9-6-10(14)12(11(15)7-9)18-5-4-17-8-16/h6-8H,4-5H2,1-3H3. The number of hydrogen-bond acceptors (Lipinski definition) is 3. The van der Waals surface area contributed by atoms with E-state index in [9.17, 15) is 4.79 Å². The highest BCUT2D eigenvalue weighted by Crippen LogP contribution is 2.38. The van der Waals surface area contributed by atoms with Gasteiger partial charge in [0.05, 0.1) is 8.95 Å². The number of carbonyl (C=O) groups excluding carboxylic acids is 1. The third kappa shape index (κ3) is 4.28. The lowest BCUT2D eigenvalue weighted by atomic mass is 9.87. The molecule has 0 aliphatic heterocycles. The van der Waals surface area contributed by atoms with Crippen molar-refractivity contribution in [2.24, 2.45) is 0 Å². The van der Waals surface area contributed by atoms with Crippen LogP contribution in [0, 0.1) is 0 Å². The van der Waals surface area contributed by atoms with Gasteiger partial charge in [-0.15, -0.1) is 0 Å². The molecule has 0 spiro atoms. The Hall–Kier alpha value is -0.550. The summed E-state index contributed by atoms with van der Waals surface area (Å²) in [7, 11) is 0. The fourth-order valence-corrected chi connectivity index (χ4v) is 2.79. The Morgan fingerprint density at radius 2 is 1.72 bits per heavy atom. The van der Waals surface area contributed by atoms with Gasteiger partial charge < -0.3 is 9.47 Å². The van der Waals surface area contributed by atoms with Crippen molar-refractivity contribution in [2.45, 2.75) is 26.2 Å². The van der Waals surface area contributed by atoms with Gasteiger partial charge in [0.2, 0.25) is 0 Å². The van der Waals surface area contributed by atoms with Gasteiger partial charge in [0.1, 0.15) is 19.0 Å². The summed E-state index contributed by atoms with van der Waals surface area (Å²) in [5.74, 6) is 0.720. The monoisotopic (exact) mass is 378 g/mol. The highest BCUT2D eigenvalue weighted by atomic mass is 79.9. The first-order valence-electron chi connectivity index (χ1n) is 5.54. The predicted octanol–water partition coefficient (Wildman–Crippen LogP) is 4.06. The largest absolute Gasteiger partial charge is 0.488 e. The normalized spacial score (nSPS) is 11.2. The molecule has 0 heterocycles. The summed E-state index contributed by atoms with van der Waals surface area (Å²) in [6, 6.07) is 4.08. The van der Waals surface area contributed by atoms with E-state index in [1.807, 2.05) is 12.1 Å². The van der Waals surface area contributed by atoms with E-state index in [4.69, 9.17) is 4.74 Å². The van der Waals surface area contributed by atoms with Gasteiger partial charge >= 0.3 is 0 Å². The van der Waals surface area contributed by atoms with E-state index >= 15 is 0 Å². The Morgan fingerprint density at radius 1 is 1.17 bits per heavy atom. The second-order valence-electron chi connectivity index (χ2n) is 4.83. The van der Waals surface area contributed by atoms with Crippen LogP contribution in [0.1, 0.15) is 26.3 Å². The van der Waals surface area contributed by atoms with Gasteiger partial charge in [-0.3, -0.25) is 4.79 Å². The van der Waals surface area contributed by atoms with Crippen molar-refractivity contribution < 1.29 is 14.3 Å². The number of ether oxygens (including phenoxy) is 2. The van der Waals surface area contributed by atoms with Crippen molar-refractivity contribution in [3.05, 3.63) is 26.6 Å². The van der Waals surface area contributed by atoms with Crippen molar-refractivity contribution in [3.8, 4) is 5.75 Å². The first-order chi connectivity index (χ1) is 8.36. The molecule has 5 heteroatoms. The van der Waals surface area contributed by atoms with Crippen LogP contribution in [0.15, 0.2) is 21.1 Å². The maximum absolute atomic E-state index is 10.0. The van der Waals surface area contributed by atoms with Crippen molar-refractivity contribution in [1.82, 2.24) is 0 Å². The molecule has 0 bridgehead atoms. The van der Waals surface area contributed by atoms with Crippen molar-refractivity contribution in [3.63, 3.8) is 0 Å². The zero-order valence-electron chi connectivity index (χ0n) is 10.6. The molecule has 100 valence electrons. The summed E-state index contributed by atoms with van der Waals surface area (Å²) in [5, 5.41) is 0. The third-order valence-electron chi connectivity index (χ3n) is 2.38. The SMILES string of the molecule is CC(C)(C)c1cc(Br)c(OCCOC=O)c(Br)c1. The Labute approximate surface area is 124 Å². The van der Waals surface area contributed by atoms with Crippen molar-refractivity contribution in [2.75, 3.05) is 13.2 Å². The van der Waals surface area contributed by atoms with Crippen LogP contribution in [0.2, 0.25) is 0 Å². The van der Waals surface area contributed by atoms with Crippen molar-refractivity contribution >= 4 is 38.3 Å². The molecule has 1 aromatic rings. The Morgan fingerprint density at radius 3 is 2.17 bits per heavy atom. The van der Waals surface area contributed by atoms with Gasteiger partial charge in [-0.1, -0.05) is 20.8 Å². The first kappa shape index (κ1) is 15.5. The highest BCUT2D eigenvalue weighted by Gasteiger charge is 2.18. The van der Waals surface area contributed by atoms with Crippen LogP contribution in [-0.2, 0) is 14.9 Å². The van der Waals surface area contributed by atoms with E-state index in [1.165, 1.54) is 5.56 Å². The zero-order chi connectivity index (χ0) is 13.8. The molecular weight excluding hydrogens is 364 g/mol. The molecule has 0 N–H and O–H groups in total. The molecule has 0 unspecified atom stereocenters. The fourth-order valence-electron chi connectivity index (χ4n) is 1.37. The van der Waals surface area contributed by atoms with Gasteiger partial charge in [0.25, 0.3) is 6.47 Å². The number of benzene rings is 1. The van der Waals surface area contributed by atoms with Crippen LogP contribution < -0.4 is 4.74 Å². The third-order valence-corrected chi connectivity index (χ3v) is 3.56. The Kier molecular flexibility index (Phi) is 5.66. The number of halogens is 2. The van der Waals surface area contributed by atoms with Crippen LogP contribution in [0.3, 0.4) is 0 Å². The predicted molar refractivity (Wildman–Crippen MR) is 78.1 cm³/mol. The fraction of sp³-hybridized carbons (Fsp3) is 0.462. The molecule has 0 saturated heterocycles. The minimum absolute atomic E-state index is 0.0736. The van der Waals surface area contributed by atoms with E-state index in [0.717, 1.165) is 14.7 Å². The average Bonchev–Trinajstić information content (AvgIpc) is 2.25. The van der Waals surface area contributed by atoms with Gasteiger partial charge in [0, 0.05) is 0 Å². The lowest BCUT2D eigenvalue weighted by Gasteiger charge is -2.21. The molecule has 0 fully saturated rings. The van der Waals surface area contributed by atoms with Crippen LogP contribution in [0.25, 0.3) is 0 Å². The molecule has 0 radical (unpaired) electrons. The average molecular weight is 380 g/mol. The van der Waals surface area contributed by atoms with E-state index < -0.39 is 0 Å². The summed E-state index contributed by atoms with van der Waals surface area (Å²) >= 11 is 6.99. The van der Waals surface area contributed by atoms with Gasteiger partial charge in [-0.25, -0.2) is 0 Å². The van der Waals surface area contributed by atoms with E-state index in [1.54, 1.807) is 0 Å². The van der Waals surface area contributed by atoms with Gasteiger partial charge in [-0.05, 0) is 55.0 Å². The Bertz CT molecular complexity index is 402. The minimum Gasteiger partial charge on any atom is -0.488 e. The molecule has 0 aliphatic rings. The Balaban J connectivity index is 2.85. The van der Waals surface area contributed by atoms with Gasteiger partial charge in [0.15, 0.2) is 0 Å². The molecule has 0 aliphatic carbocycles. The maximum Gasteiger partial charge on any atom is 0.293 e. The highest BCUT2D eigenvalue weighted by molar-refractivity contribution is 9.11. The van der Waals surface area contributed by atoms with E-state index in [2.05, 4.69) is 57.4 Å². The smallest absolute Gasteiger partial charge is 0.293 e. The maximum atomic E-state index is 10.0. The summed E-state index contributed by atoms with van der Waals surface area (Å²) in [6.45, 7) is 7.43. The summed E-state index contributed by atoms with van der Waals surface area (Å²) < 4.78 is 11.9. The van der Waals surface area contributed by atoms with Crippen LogP contribution in [0.4, 0.5) is 0 Å². The number of carbonyl (C=O) groups is 1. The van der Waals surface area contributed by atoms with Crippen LogP contribution in [0.5, 0.6) is 5.75 Å². The molecule has 3 nitrogen and oxygen atoms in total. The zero-order valence-corrected chi connectivity index (χ0v) is 13.8. The van der Waals surface area contributed by atoms with Crippen LogP contribution in [-0.4, -0.2) is 19.7 Å². The quantitative estimate of drug-likeness (QED) is 0.571. The number of rotatable bonds is 5. The molecule has 1 rings (SSSR count). The summed E-state index contributed by atoms with van der Waals surface area (Å²) in [4.78, 5) is 10.0. The molecular formula is C13H16Br2O3. The minimum atomic E-state index is 0.0736. The second kappa shape index (κ2) is 6.57. The molecule has 1 aromatic carbocycles. The molecule has 0 aromatic heterocycles. The topological polar surface area (TPSA) is 35.5 Å². The van der Waals surface area contributed by atoms with Gasteiger partial charge in [-0.2, -0.15) is 0 Å². The van der Waals surface area contributed by atoms with Crippen LogP contribution >= 0.6 is 31.9 Å². The molecule has 0 amide bonds. The first-order valence-corrected chi connectivity index (χ1v) is 7.12. The summed E-state index contributed by atoms with van der Waals surface area (Å²) in [6.07, 6.45) is 0. The summed E-state index contributed by atoms with van der Waals surface area (Å²) in [5.41, 5.74) is 1.28. The molecule has 0 saturated carbocycles. The molecule has 0 atom stereocenters. The molecule has 18 heavy (non-hydrogen) atoms. The lowest BCUT2D eigenvalue weighted by Crippen LogP contribution is -2.12. The lowest BCUT2D eigenvalue weighted by molar-refractivity contribution is -0.129. The van der Waals surface area contributed by atoms with E-state index in [-0.39, 0.29) is 12.0 Å².